The minimum atomic E-state index is -0.245. The molecule has 0 radical (unpaired) electrons. The second-order valence-corrected chi connectivity index (χ2v) is 5.90. The van der Waals surface area contributed by atoms with Crippen LogP contribution in [0.4, 0.5) is 0 Å². The van der Waals surface area contributed by atoms with Crippen molar-refractivity contribution >= 4 is 17.7 Å². The first-order valence-corrected chi connectivity index (χ1v) is 7.87. The fourth-order valence-electron chi connectivity index (χ4n) is 2.14. The van der Waals surface area contributed by atoms with Crippen molar-refractivity contribution in [1.29, 1.82) is 5.26 Å². The monoisotopic (exact) mass is 290 g/mol. The Morgan fingerprint density at radius 2 is 2.00 bits per heavy atom. The molecular formula is C15H18N2O2S. The van der Waals surface area contributed by atoms with Crippen molar-refractivity contribution in [3.8, 4) is 6.07 Å². The molecule has 0 saturated carbocycles. The van der Waals surface area contributed by atoms with Crippen molar-refractivity contribution in [3.63, 3.8) is 0 Å². The van der Waals surface area contributed by atoms with Gasteiger partial charge >= 0.3 is 0 Å². The highest BCUT2D eigenvalue weighted by Gasteiger charge is 2.20. The molecule has 0 spiro atoms. The van der Waals surface area contributed by atoms with Gasteiger partial charge in [-0.15, -0.1) is 11.8 Å². The number of aliphatic hydroxyl groups is 1. The van der Waals surface area contributed by atoms with E-state index in [1.54, 1.807) is 23.9 Å². The highest BCUT2D eigenvalue weighted by atomic mass is 32.2. The number of hydrogen-bond acceptors (Lipinski definition) is 4. The molecule has 1 aromatic carbocycles. The zero-order valence-corrected chi connectivity index (χ0v) is 12.1. The summed E-state index contributed by atoms with van der Waals surface area (Å²) in [7, 11) is 0. The van der Waals surface area contributed by atoms with Crippen LogP contribution in [0.3, 0.4) is 0 Å². The molecule has 1 saturated heterocycles. The van der Waals surface area contributed by atoms with Crippen LogP contribution in [0.5, 0.6) is 0 Å². The molecule has 20 heavy (non-hydrogen) atoms. The highest BCUT2D eigenvalue weighted by Crippen LogP contribution is 2.16. The predicted octanol–water partition coefficient (Wildman–Crippen LogP) is 1.77. The SMILES string of the molecule is N#Cc1ccc(CSCC(=O)N2CCC(O)CC2)cc1. The number of thioether (sulfide) groups is 1. The van der Waals surface area contributed by atoms with Crippen LogP contribution in [-0.2, 0) is 10.5 Å². The van der Waals surface area contributed by atoms with Crippen LogP contribution < -0.4 is 0 Å². The standard InChI is InChI=1S/C15H18N2O2S/c16-9-12-1-3-13(4-2-12)10-20-11-15(19)17-7-5-14(18)6-8-17/h1-4,14,18H,5-8,10-11H2. The molecule has 4 nitrogen and oxygen atoms in total. The summed E-state index contributed by atoms with van der Waals surface area (Å²) in [5, 5.41) is 18.1. The quantitative estimate of drug-likeness (QED) is 0.918. The first-order valence-electron chi connectivity index (χ1n) is 6.71. The molecule has 5 heteroatoms. The minimum absolute atomic E-state index is 0.149. The van der Waals surface area contributed by atoms with Crippen LogP contribution in [-0.4, -0.2) is 40.9 Å². The topological polar surface area (TPSA) is 64.3 Å². The summed E-state index contributed by atoms with van der Waals surface area (Å²) in [5.74, 6) is 1.39. The van der Waals surface area contributed by atoms with Crippen LogP contribution >= 0.6 is 11.8 Å². The van der Waals surface area contributed by atoms with Gasteiger partial charge in [0.15, 0.2) is 0 Å². The molecule has 0 aromatic heterocycles. The summed E-state index contributed by atoms with van der Waals surface area (Å²) in [5.41, 5.74) is 1.78. The fourth-order valence-corrected chi connectivity index (χ4v) is 3.03. The molecule has 0 aliphatic carbocycles. The van der Waals surface area contributed by atoms with Crippen LogP contribution in [0.1, 0.15) is 24.0 Å². The maximum absolute atomic E-state index is 12.0. The number of carbonyl (C=O) groups excluding carboxylic acids is 1. The number of piperidine rings is 1. The van der Waals surface area contributed by atoms with Gasteiger partial charge in [0, 0.05) is 18.8 Å². The van der Waals surface area contributed by atoms with E-state index in [2.05, 4.69) is 6.07 Å². The number of hydrogen-bond donors (Lipinski definition) is 1. The summed E-state index contributed by atoms with van der Waals surface area (Å²) >= 11 is 1.59. The van der Waals surface area contributed by atoms with Crippen molar-refractivity contribution in [2.75, 3.05) is 18.8 Å². The van der Waals surface area contributed by atoms with Gasteiger partial charge in [-0.2, -0.15) is 5.26 Å². The van der Waals surface area contributed by atoms with E-state index < -0.39 is 0 Å². The number of amides is 1. The summed E-state index contributed by atoms with van der Waals surface area (Å²) in [6.45, 7) is 1.33. The Balaban J connectivity index is 1.72. The predicted molar refractivity (Wildman–Crippen MR) is 79.1 cm³/mol. The fraction of sp³-hybridized carbons (Fsp3) is 0.467. The third kappa shape index (κ3) is 4.26. The van der Waals surface area contributed by atoms with E-state index in [0.29, 0.717) is 37.2 Å². The molecule has 1 aromatic rings. The van der Waals surface area contributed by atoms with Crippen LogP contribution in [0, 0.1) is 11.3 Å². The van der Waals surface area contributed by atoms with Gasteiger partial charge in [-0.25, -0.2) is 0 Å². The van der Waals surface area contributed by atoms with E-state index >= 15 is 0 Å². The van der Waals surface area contributed by atoms with Crippen molar-refractivity contribution in [1.82, 2.24) is 4.90 Å². The van der Waals surface area contributed by atoms with Gasteiger partial charge in [0.1, 0.15) is 0 Å². The Hall–Kier alpha value is -1.51. The van der Waals surface area contributed by atoms with Gasteiger partial charge in [0.2, 0.25) is 5.91 Å². The van der Waals surface area contributed by atoms with Crippen molar-refractivity contribution < 1.29 is 9.90 Å². The number of rotatable bonds is 4. The Morgan fingerprint density at radius 1 is 1.35 bits per heavy atom. The second kappa shape index (κ2) is 7.32. The first kappa shape index (κ1) is 14.9. The minimum Gasteiger partial charge on any atom is -0.393 e. The zero-order chi connectivity index (χ0) is 14.4. The van der Waals surface area contributed by atoms with Gasteiger partial charge in [-0.1, -0.05) is 12.1 Å². The molecule has 0 bridgehead atoms. The number of carbonyl (C=O) groups is 1. The average molecular weight is 290 g/mol. The third-order valence-corrected chi connectivity index (χ3v) is 4.38. The highest BCUT2D eigenvalue weighted by molar-refractivity contribution is 7.99. The van der Waals surface area contributed by atoms with Gasteiger partial charge in [0.25, 0.3) is 0 Å². The second-order valence-electron chi connectivity index (χ2n) is 4.91. The third-order valence-electron chi connectivity index (χ3n) is 3.39. The van der Waals surface area contributed by atoms with Crippen molar-refractivity contribution in [3.05, 3.63) is 35.4 Å². The molecular weight excluding hydrogens is 272 g/mol. The summed E-state index contributed by atoms with van der Waals surface area (Å²) in [6, 6.07) is 9.53. The summed E-state index contributed by atoms with van der Waals surface area (Å²) in [6.07, 6.45) is 1.13. The van der Waals surface area contributed by atoms with E-state index in [-0.39, 0.29) is 12.0 Å². The molecule has 0 unspecified atom stereocenters. The van der Waals surface area contributed by atoms with Gasteiger partial charge in [0.05, 0.1) is 23.5 Å². The smallest absolute Gasteiger partial charge is 0.232 e. The molecule has 1 aliphatic rings. The van der Waals surface area contributed by atoms with Crippen molar-refractivity contribution in [2.45, 2.75) is 24.7 Å². The van der Waals surface area contributed by atoms with E-state index in [9.17, 15) is 9.90 Å². The molecule has 0 atom stereocenters. The first-order chi connectivity index (χ1) is 9.69. The Bertz CT molecular complexity index is 488. The molecule has 106 valence electrons. The Morgan fingerprint density at radius 3 is 2.60 bits per heavy atom. The number of nitrogens with zero attached hydrogens (tertiary/aromatic N) is 2. The molecule has 1 amide bonds. The van der Waals surface area contributed by atoms with E-state index in [1.165, 1.54) is 0 Å². The van der Waals surface area contributed by atoms with Gasteiger partial charge in [-0.3, -0.25) is 4.79 Å². The van der Waals surface area contributed by atoms with Crippen LogP contribution in [0.15, 0.2) is 24.3 Å². The lowest BCUT2D eigenvalue weighted by molar-refractivity contribution is -0.130. The summed E-state index contributed by atoms with van der Waals surface area (Å²) in [4.78, 5) is 13.8. The maximum Gasteiger partial charge on any atom is 0.232 e. The lowest BCUT2D eigenvalue weighted by Gasteiger charge is -2.29. The normalized spacial score (nSPS) is 15.9. The van der Waals surface area contributed by atoms with Gasteiger partial charge < -0.3 is 10.0 Å². The van der Waals surface area contributed by atoms with Crippen molar-refractivity contribution in [2.24, 2.45) is 0 Å². The van der Waals surface area contributed by atoms with Crippen LogP contribution in [0.2, 0.25) is 0 Å². The molecule has 1 fully saturated rings. The number of nitriles is 1. The largest absolute Gasteiger partial charge is 0.393 e. The zero-order valence-electron chi connectivity index (χ0n) is 11.3. The summed E-state index contributed by atoms with van der Waals surface area (Å²) < 4.78 is 0. The van der Waals surface area contributed by atoms with Crippen LogP contribution in [0.25, 0.3) is 0 Å². The molecule has 1 aliphatic heterocycles. The van der Waals surface area contributed by atoms with E-state index in [1.807, 2.05) is 17.0 Å². The van der Waals surface area contributed by atoms with E-state index in [0.717, 1.165) is 11.3 Å². The number of likely N-dealkylation sites (tertiary alicyclic amines) is 1. The molecule has 1 heterocycles. The lowest BCUT2D eigenvalue weighted by Crippen LogP contribution is -2.40. The Kier molecular flexibility index (Phi) is 5.45. The molecule has 2 rings (SSSR count). The lowest BCUT2D eigenvalue weighted by atomic mass is 10.1. The number of benzene rings is 1. The molecule has 1 N–H and O–H groups in total. The Labute approximate surface area is 123 Å². The average Bonchev–Trinajstić information content (AvgIpc) is 2.48. The van der Waals surface area contributed by atoms with E-state index in [4.69, 9.17) is 5.26 Å². The maximum atomic E-state index is 12.0. The number of aliphatic hydroxyl groups excluding tert-OH is 1. The van der Waals surface area contributed by atoms with Gasteiger partial charge in [-0.05, 0) is 30.5 Å².